The highest BCUT2D eigenvalue weighted by Gasteiger charge is 2.02. The number of halogens is 2. The first-order valence-electron chi connectivity index (χ1n) is 5.45. The molecule has 0 saturated heterocycles. The molecule has 2 aromatic rings. The summed E-state index contributed by atoms with van der Waals surface area (Å²) >= 11 is 10.3. The Labute approximate surface area is 124 Å². The molecule has 0 spiro atoms. The maximum atomic E-state index is 6.16. The second-order valence-electron chi connectivity index (χ2n) is 3.70. The van der Waals surface area contributed by atoms with Gasteiger partial charge in [0, 0.05) is 19.9 Å². The van der Waals surface area contributed by atoms with E-state index in [4.69, 9.17) is 11.6 Å². The lowest BCUT2D eigenvalue weighted by molar-refractivity contribution is 1.19. The van der Waals surface area contributed by atoms with Gasteiger partial charge in [0.1, 0.15) is 0 Å². The molecule has 0 aliphatic heterocycles. The zero-order valence-electron chi connectivity index (χ0n) is 9.47. The van der Waals surface area contributed by atoms with Gasteiger partial charge in [0.05, 0.1) is 10.7 Å². The van der Waals surface area contributed by atoms with Crippen LogP contribution in [0.4, 0.5) is 5.69 Å². The topological polar surface area (TPSA) is 12.0 Å². The van der Waals surface area contributed by atoms with Crippen molar-refractivity contribution in [3.05, 3.63) is 48.7 Å². The summed E-state index contributed by atoms with van der Waals surface area (Å²) in [6.07, 6.45) is 1.11. The molecule has 1 aromatic carbocycles. The Morgan fingerprint density at radius 2 is 2.00 bits per heavy atom. The van der Waals surface area contributed by atoms with Gasteiger partial charge in [0.25, 0.3) is 0 Å². The highest BCUT2D eigenvalue weighted by Crippen LogP contribution is 2.25. The Bertz CT molecular complexity index is 510. The molecule has 1 heterocycles. The molecule has 90 valence electrons. The molecule has 0 unspecified atom stereocenters. The van der Waals surface area contributed by atoms with E-state index in [9.17, 15) is 0 Å². The SMILES string of the molecule is CCc1ccc(CNc2ccc(I)cc2Cl)s1. The van der Waals surface area contributed by atoms with E-state index in [1.165, 1.54) is 9.75 Å². The van der Waals surface area contributed by atoms with Gasteiger partial charge in [-0.1, -0.05) is 18.5 Å². The minimum Gasteiger partial charge on any atom is -0.379 e. The third kappa shape index (κ3) is 3.60. The van der Waals surface area contributed by atoms with Crippen LogP contribution in [0.25, 0.3) is 0 Å². The van der Waals surface area contributed by atoms with Gasteiger partial charge in [-0.05, 0) is 59.3 Å². The van der Waals surface area contributed by atoms with Crippen LogP contribution in [0.2, 0.25) is 5.02 Å². The van der Waals surface area contributed by atoms with E-state index in [1.54, 1.807) is 0 Å². The van der Waals surface area contributed by atoms with Crippen molar-refractivity contribution in [1.82, 2.24) is 0 Å². The molecule has 0 aliphatic carbocycles. The number of aryl methyl sites for hydroxylation is 1. The van der Waals surface area contributed by atoms with E-state index in [-0.39, 0.29) is 0 Å². The number of anilines is 1. The number of hydrogen-bond donors (Lipinski definition) is 1. The van der Waals surface area contributed by atoms with Gasteiger partial charge in [0.2, 0.25) is 0 Å². The number of rotatable bonds is 4. The van der Waals surface area contributed by atoms with Crippen LogP contribution in [0.5, 0.6) is 0 Å². The predicted octanol–water partition coefficient (Wildman–Crippen LogP) is 5.18. The summed E-state index contributed by atoms with van der Waals surface area (Å²) in [4.78, 5) is 2.77. The number of benzene rings is 1. The molecule has 1 nitrogen and oxygen atoms in total. The molecule has 0 amide bonds. The summed E-state index contributed by atoms with van der Waals surface area (Å²) in [6, 6.07) is 10.4. The maximum absolute atomic E-state index is 6.16. The lowest BCUT2D eigenvalue weighted by Gasteiger charge is -2.07. The molecule has 0 bridgehead atoms. The average Bonchev–Trinajstić information content (AvgIpc) is 2.76. The van der Waals surface area contributed by atoms with Gasteiger partial charge in [0.15, 0.2) is 0 Å². The molecular formula is C13H13ClINS. The molecule has 2 rings (SSSR count). The second kappa shape index (κ2) is 6.07. The minimum atomic E-state index is 0.782. The standard InChI is InChI=1S/C13H13ClINS/c1-2-10-4-5-11(17-10)8-16-13-6-3-9(15)7-12(13)14/h3-7,16H,2,8H2,1H3. The highest BCUT2D eigenvalue weighted by atomic mass is 127. The predicted molar refractivity (Wildman–Crippen MR) is 85.2 cm³/mol. The van der Waals surface area contributed by atoms with Crippen molar-refractivity contribution in [2.75, 3.05) is 5.32 Å². The molecule has 0 atom stereocenters. The first-order valence-corrected chi connectivity index (χ1v) is 7.73. The summed E-state index contributed by atoms with van der Waals surface area (Å²) in [5.41, 5.74) is 0.999. The highest BCUT2D eigenvalue weighted by molar-refractivity contribution is 14.1. The molecule has 1 aromatic heterocycles. The normalized spacial score (nSPS) is 10.5. The second-order valence-corrected chi connectivity index (χ2v) is 6.61. The zero-order chi connectivity index (χ0) is 12.3. The van der Waals surface area contributed by atoms with Gasteiger partial charge in [-0.2, -0.15) is 0 Å². The summed E-state index contributed by atoms with van der Waals surface area (Å²) in [6.45, 7) is 3.02. The lowest BCUT2D eigenvalue weighted by Crippen LogP contribution is -1.97. The van der Waals surface area contributed by atoms with Crippen LogP contribution >= 0.6 is 45.5 Å². The molecular weight excluding hydrogens is 365 g/mol. The first-order chi connectivity index (χ1) is 8.19. The van der Waals surface area contributed by atoms with Crippen LogP contribution in [0, 0.1) is 3.57 Å². The Morgan fingerprint density at radius 1 is 1.24 bits per heavy atom. The molecule has 0 saturated carbocycles. The zero-order valence-corrected chi connectivity index (χ0v) is 13.2. The van der Waals surface area contributed by atoms with Crippen molar-refractivity contribution in [1.29, 1.82) is 0 Å². The quantitative estimate of drug-likeness (QED) is 0.724. The molecule has 4 heteroatoms. The van der Waals surface area contributed by atoms with E-state index in [2.05, 4.69) is 53.0 Å². The fraction of sp³-hybridized carbons (Fsp3) is 0.231. The Kier molecular flexibility index (Phi) is 4.70. The van der Waals surface area contributed by atoms with Crippen LogP contribution in [-0.4, -0.2) is 0 Å². The van der Waals surface area contributed by atoms with Crippen molar-refractivity contribution in [2.24, 2.45) is 0 Å². The van der Waals surface area contributed by atoms with Crippen molar-refractivity contribution in [2.45, 2.75) is 19.9 Å². The summed E-state index contributed by atoms with van der Waals surface area (Å²) in [5.74, 6) is 0. The van der Waals surface area contributed by atoms with Gasteiger partial charge in [-0.25, -0.2) is 0 Å². The maximum Gasteiger partial charge on any atom is 0.0648 e. The number of hydrogen-bond acceptors (Lipinski definition) is 2. The number of nitrogens with one attached hydrogen (secondary N) is 1. The van der Waals surface area contributed by atoms with Crippen LogP contribution in [0.15, 0.2) is 30.3 Å². The summed E-state index contributed by atoms with van der Waals surface area (Å²) in [7, 11) is 0. The molecule has 0 fully saturated rings. The number of thiophene rings is 1. The van der Waals surface area contributed by atoms with Crippen molar-refractivity contribution in [3.63, 3.8) is 0 Å². The van der Waals surface area contributed by atoms with Gasteiger partial charge >= 0.3 is 0 Å². The van der Waals surface area contributed by atoms with Crippen molar-refractivity contribution < 1.29 is 0 Å². The van der Waals surface area contributed by atoms with Crippen LogP contribution in [0.3, 0.4) is 0 Å². The largest absolute Gasteiger partial charge is 0.379 e. The van der Waals surface area contributed by atoms with Crippen molar-refractivity contribution >= 4 is 51.2 Å². The first kappa shape index (κ1) is 13.2. The molecule has 0 radical (unpaired) electrons. The third-order valence-electron chi connectivity index (χ3n) is 2.45. The minimum absolute atomic E-state index is 0.782. The Hall–Kier alpha value is -0.260. The van der Waals surface area contributed by atoms with Crippen LogP contribution < -0.4 is 5.32 Å². The fourth-order valence-electron chi connectivity index (χ4n) is 1.52. The molecule has 17 heavy (non-hydrogen) atoms. The lowest BCUT2D eigenvalue weighted by atomic mass is 10.3. The average molecular weight is 378 g/mol. The summed E-state index contributed by atoms with van der Waals surface area (Å²) in [5, 5.41) is 4.15. The van der Waals surface area contributed by atoms with Crippen LogP contribution in [-0.2, 0) is 13.0 Å². The third-order valence-corrected chi connectivity index (χ3v) is 4.66. The Balaban J connectivity index is 2.02. The van der Waals surface area contributed by atoms with Gasteiger partial charge in [-0.15, -0.1) is 11.3 Å². The van der Waals surface area contributed by atoms with Crippen molar-refractivity contribution in [3.8, 4) is 0 Å². The Morgan fingerprint density at radius 3 is 2.65 bits per heavy atom. The molecule has 1 N–H and O–H groups in total. The smallest absolute Gasteiger partial charge is 0.0648 e. The fourth-order valence-corrected chi connectivity index (χ4v) is 3.34. The van der Waals surface area contributed by atoms with E-state index in [1.807, 2.05) is 23.5 Å². The van der Waals surface area contributed by atoms with E-state index in [0.29, 0.717) is 0 Å². The monoisotopic (exact) mass is 377 g/mol. The van der Waals surface area contributed by atoms with Crippen LogP contribution in [0.1, 0.15) is 16.7 Å². The van der Waals surface area contributed by atoms with E-state index >= 15 is 0 Å². The van der Waals surface area contributed by atoms with Gasteiger partial charge in [-0.3, -0.25) is 0 Å². The molecule has 0 aliphatic rings. The van der Waals surface area contributed by atoms with Gasteiger partial charge < -0.3 is 5.32 Å². The summed E-state index contributed by atoms with van der Waals surface area (Å²) < 4.78 is 1.16. The van der Waals surface area contributed by atoms with E-state index < -0.39 is 0 Å². The van der Waals surface area contributed by atoms with E-state index in [0.717, 1.165) is 27.2 Å².